The Hall–Kier alpha value is -2.58. The summed E-state index contributed by atoms with van der Waals surface area (Å²) in [5, 5.41) is 2.80. The van der Waals surface area contributed by atoms with Crippen molar-refractivity contribution >= 4 is 15.9 Å². The predicted molar refractivity (Wildman–Crippen MR) is 124 cm³/mol. The molecule has 1 aliphatic rings. The molecule has 3 rings (SSSR count). The van der Waals surface area contributed by atoms with Crippen LogP contribution < -0.4 is 19.5 Å². The molecule has 1 aliphatic heterocycles. The Balaban J connectivity index is 1.63. The maximum absolute atomic E-state index is 12.7. The molecular formula is C24H32N2O5S. The second kappa shape index (κ2) is 8.75. The van der Waals surface area contributed by atoms with E-state index in [0.717, 1.165) is 17.7 Å². The first-order valence-electron chi connectivity index (χ1n) is 10.6. The van der Waals surface area contributed by atoms with Gasteiger partial charge in [-0.15, -0.1) is 0 Å². The van der Waals surface area contributed by atoms with Gasteiger partial charge in [0.05, 0.1) is 11.4 Å². The number of sulfonamides is 1. The first kappa shape index (κ1) is 24.1. The monoisotopic (exact) mass is 460 g/mol. The molecule has 0 spiro atoms. The first-order chi connectivity index (χ1) is 14.8. The van der Waals surface area contributed by atoms with Crippen LogP contribution in [0.4, 0.5) is 0 Å². The number of hydrogen-bond acceptors (Lipinski definition) is 5. The van der Waals surface area contributed by atoms with E-state index in [2.05, 4.69) is 10.0 Å². The van der Waals surface area contributed by atoms with E-state index in [1.807, 2.05) is 32.0 Å². The lowest BCUT2D eigenvalue weighted by Crippen LogP contribution is -2.40. The van der Waals surface area contributed by atoms with Crippen molar-refractivity contribution in [3.05, 3.63) is 53.1 Å². The molecule has 7 nitrogen and oxygen atoms in total. The molecule has 0 saturated heterocycles. The van der Waals surface area contributed by atoms with E-state index in [9.17, 15) is 13.2 Å². The normalized spacial score (nSPS) is 15.1. The van der Waals surface area contributed by atoms with Crippen LogP contribution in [0.5, 0.6) is 11.5 Å². The lowest BCUT2D eigenvalue weighted by atomic mass is 10.0. The number of para-hydroxylation sites is 1. The van der Waals surface area contributed by atoms with Crippen molar-refractivity contribution in [2.75, 3.05) is 13.2 Å². The molecule has 0 bridgehead atoms. The van der Waals surface area contributed by atoms with Crippen LogP contribution in [-0.4, -0.2) is 38.6 Å². The SMILES string of the molecule is Cc1ccc(S(=O)(=O)NC(C)(C)C)cc1C(=O)NCCOc1cccc2c1OC(C)(C)C2. The van der Waals surface area contributed by atoms with Gasteiger partial charge in [-0.05, 0) is 65.3 Å². The van der Waals surface area contributed by atoms with Crippen molar-refractivity contribution in [2.45, 2.75) is 64.0 Å². The van der Waals surface area contributed by atoms with Crippen LogP contribution in [0.1, 0.15) is 56.1 Å². The summed E-state index contributed by atoms with van der Waals surface area (Å²) in [7, 11) is -3.74. The van der Waals surface area contributed by atoms with Gasteiger partial charge >= 0.3 is 0 Å². The fraction of sp³-hybridized carbons (Fsp3) is 0.458. The van der Waals surface area contributed by atoms with Crippen molar-refractivity contribution in [3.8, 4) is 11.5 Å². The average molecular weight is 461 g/mol. The number of ether oxygens (including phenoxy) is 2. The number of carbonyl (C=O) groups excluding carboxylic acids is 1. The quantitative estimate of drug-likeness (QED) is 0.616. The van der Waals surface area contributed by atoms with Crippen LogP contribution in [0.3, 0.4) is 0 Å². The van der Waals surface area contributed by atoms with Gasteiger partial charge in [-0.1, -0.05) is 18.2 Å². The molecule has 0 unspecified atom stereocenters. The van der Waals surface area contributed by atoms with Crippen molar-refractivity contribution in [1.29, 1.82) is 0 Å². The zero-order chi connectivity index (χ0) is 23.7. The summed E-state index contributed by atoms with van der Waals surface area (Å²) in [5.74, 6) is 1.05. The molecule has 2 N–H and O–H groups in total. The number of amides is 1. The maximum Gasteiger partial charge on any atom is 0.251 e. The summed E-state index contributed by atoms with van der Waals surface area (Å²) < 4.78 is 39.7. The molecule has 2 aromatic carbocycles. The Morgan fingerprint density at radius 3 is 2.59 bits per heavy atom. The van der Waals surface area contributed by atoms with Gasteiger partial charge in [-0.25, -0.2) is 13.1 Å². The van der Waals surface area contributed by atoms with E-state index in [1.165, 1.54) is 12.1 Å². The molecule has 0 aromatic heterocycles. The molecule has 0 radical (unpaired) electrons. The number of carbonyl (C=O) groups is 1. The van der Waals surface area contributed by atoms with E-state index >= 15 is 0 Å². The smallest absolute Gasteiger partial charge is 0.251 e. The average Bonchev–Trinajstić information content (AvgIpc) is 2.97. The van der Waals surface area contributed by atoms with Crippen LogP contribution in [-0.2, 0) is 16.4 Å². The molecular weight excluding hydrogens is 428 g/mol. The molecule has 2 aromatic rings. The van der Waals surface area contributed by atoms with E-state index < -0.39 is 15.6 Å². The summed E-state index contributed by atoms with van der Waals surface area (Å²) in [5.41, 5.74) is 1.22. The number of nitrogens with one attached hydrogen (secondary N) is 2. The Morgan fingerprint density at radius 2 is 1.91 bits per heavy atom. The molecule has 1 amide bonds. The summed E-state index contributed by atoms with van der Waals surface area (Å²) in [4.78, 5) is 12.8. The number of fused-ring (bicyclic) bond motifs is 1. The van der Waals surface area contributed by atoms with Crippen LogP contribution >= 0.6 is 0 Å². The molecule has 174 valence electrons. The highest BCUT2D eigenvalue weighted by Crippen LogP contribution is 2.41. The van der Waals surface area contributed by atoms with Gasteiger partial charge in [0.15, 0.2) is 11.5 Å². The Morgan fingerprint density at radius 1 is 1.19 bits per heavy atom. The summed E-state index contributed by atoms with van der Waals surface area (Å²) in [6.45, 7) is 11.7. The number of rotatable bonds is 7. The fourth-order valence-electron chi connectivity index (χ4n) is 3.60. The number of hydrogen-bond donors (Lipinski definition) is 2. The van der Waals surface area contributed by atoms with Gasteiger partial charge < -0.3 is 14.8 Å². The van der Waals surface area contributed by atoms with Crippen LogP contribution in [0.2, 0.25) is 0 Å². The zero-order valence-electron chi connectivity index (χ0n) is 19.5. The maximum atomic E-state index is 12.7. The Labute approximate surface area is 190 Å². The topological polar surface area (TPSA) is 93.7 Å². The van der Waals surface area contributed by atoms with Crippen LogP contribution in [0.15, 0.2) is 41.3 Å². The van der Waals surface area contributed by atoms with E-state index in [0.29, 0.717) is 16.9 Å². The summed E-state index contributed by atoms with van der Waals surface area (Å²) in [6, 6.07) is 10.3. The van der Waals surface area contributed by atoms with E-state index in [1.54, 1.807) is 33.8 Å². The third kappa shape index (κ3) is 5.81. The van der Waals surface area contributed by atoms with Crippen molar-refractivity contribution in [2.24, 2.45) is 0 Å². The van der Waals surface area contributed by atoms with Gasteiger partial charge in [0.25, 0.3) is 5.91 Å². The highest BCUT2D eigenvalue weighted by molar-refractivity contribution is 7.89. The molecule has 8 heteroatoms. The Bertz CT molecular complexity index is 1120. The van der Waals surface area contributed by atoms with Gasteiger partial charge in [-0.3, -0.25) is 4.79 Å². The second-order valence-corrected chi connectivity index (χ2v) is 11.4. The molecule has 0 atom stereocenters. The van der Waals surface area contributed by atoms with Gasteiger partial charge in [0.2, 0.25) is 10.0 Å². The summed E-state index contributed by atoms with van der Waals surface area (Å²) >= 11 is 0. The van der Waals surface area contributed by atoms with Gasteiger partial charge in [0, 0.05) is 23.1 Å². The molecule has 1 heterocycles. The lowest BCUT2D eigenvalue weighted by Gasteiger charge is -2.20. The van der Waals surface area contributed by atoms with Crippen molar-refractivity contribution in [1.82, 2.24) is 10.0 Å². The van der Waals surface area contributed by atoms with Crippen molar-refractivity contribution in [3.63, 3.8) is 0 Å². The van der Waals surface area contributed by atoms with Crippen molar-refractivity contribution < 1.29 is 22.7 Å². The fourth-order valence-corrected chi connectivity index (χ4v) is 5.04. The first-order valence-corrected chi connectivity index (χ1v) is 12.1. The highest BCUT2D eigenvalue weighted by Gasteiger charge is 2.32. The predicted octanol–water partition coefficient (Wildman–Crippen LogP) is 3.59. The minimum absolute atomic E-state index is 0.0547. The van der Waals surface area contributed by atoms with Gasteiger partial charge in [-0.2, -0.15) is 0 Å². The van der Waals surface area contributed by atoms with Crippen LogP contribution in [0, 0.1) is 6.92 Å². The minimum Gasteiger partial charge on any atom is -0.488 e. The molecule has 32 heavy (non-hydrogen) atoms. The lowest BCUT2D eigenvalue weighted by molar-refractivity contribution is 0.0945. The third-order valence-corrected chi connectivity index (χ3v) is 6.66. The summed E-state index contributed by atoms with van der Waals surface area (Å²) in [6.07, 6.45) is 0.818. The molecule has 0 fully saturated rings. The van der Waals surface area contributed by atoms with E-state index in [-0.39, 0.29) is 29.6 Å². The molecule has 0 saturated carbocycles. The largest absolute Gasteiger partial charge is 0.488 e. The second-order valence-electron chi connectivity index (χ2n) is 9.72. The molecule has 0 aliphatic carbocycles. The zero-order valence-corrected chi connectivity index (χ0v) is 20.4. The Kier molecular flexibility index (Phi) is 6.58. The minimum atomic E-state index is -3.74. The third-order valence-electron chi connectivity index (χ3n) is 4.90. The van der Waals surface area contributed by atoms with Gasteiger partial charge in [0.1, 0.15) is 12.2 Å². The number of benzene rings is 2. The highest BCUT2D eigenvalue weighted by atomic mass is 32.2. The van der Waals surface area contributed by atoms with E-state index in [4.69, 9.17) is 9.47 Å². The van der Waals surface area contributed by atoms with Crippen LogP contribution in [0.25, 0.3) is 0 Å². The standard InChI is InChI=1S/C24H32N2O5S/c1-16-10-11-18(32(28,29)26-23(2,3)4)14-19(16)22(27)25-12-13-30-20-9-7-8-17-15-24(5,6)31-21(17)20/h7-11,14,26H,12-13,15H2,1-6H3,(H,25,27). The number of aryl methyl sites for hydroxylation is 1.